The first kappa shape index (κ1) is 22.2. The third kappa shape index (κ3) is 4.98. The monoisotopic (exact) mass is 492 g/mol. The van der Waals surface area contributed by atoms with Gasteiger partial charge >= 0.3 is 0 Å². The van der Waals surface area contributed by atoms with Gasteiger partial charge in [-0.05, 0) is 30.5 Å². The predicted octanol–water partition coefficient (Wildman–Crippen LogP) is 4.81. The van der Waals surface area contributed by atoms with E-state index in [-0.39, 0.29) is 23.4 Å². The van der Waals surface area contributed by atoms with Crippen molar-refractivity contribution < 1.29 is 13.6 Å². The molecule has 0 spiro atoms. The van der Waals surface area contributed by atoms with Crippen LogP contribution in [0.5, 0.6) is 0 Å². The molecule has 34 heavy (non-hydrogen) atoms. The van der Waals surface area contributed by atoms with Crippen LogP contribution in [0.15, 0.2) is 61.9 Å². The van der Waals surface area contributed by atoms with Crippen LogP contribution in [0, 0.1) is 17.2 Å². The molecule has 1 fully saturated rings. The summed E-state index contributed by atoms with van der Waals surface area (Å²) in [5, 5.41) is 21.2. The van der Waals surface area contributed by atoms with Gasteiger partial charge in [-0.15, -0.1) is 10.2 Å². The molecule has 0 bridgehead atoms. The van der Waals surface area contributed by atoms with Gasteiger partial charge in [-0.2, -0.15) is 10.2 Å². The number of furan rings is 1. The third-order valence-corrected chi connectivity index (χ3v) is 7.48. The first-order valence-corrected chi connectivity index (χ1v) is 12.5. The molecule has 4 aromatic rings. The molecule has 1 saturated heterocycles. The van der Waals surface area contributed by atoms with E-state index in [2.05, 4.69) is 38.7 Å². The molecule has 0 atom stereocenters. The van der Waals surface area contributed by atoms with Crippen molar-refractivity contribution in [2.75, 3.05) is 23.3 Å². The number of thioether (sulfide) groups is 1. The molecular weight excluding hydrogens is 472 g/mol. The van der Waals surface area contributed by atoms with E-state index in [1.165, 1.54) is 23.2 Å². The molecule has 0 saturated carbocycles. The first-order valence-electron chi connectivity index (χ1n) is 10.7. The lowest BCUT2D eigenvalue weighted by molar-refractivity contribution is -0.120. The van der Waals surface area contributed by atoms with Crippen LogP contribution >= 0.6 is 23.1 Å². The number of hydrogen-bond donors (Lipinski definition) is 1. The second-order valence-electron chi connectivity index (χ2n) is 7.66. The van der Waals surface area contributed by atoms with E-state index in [9.17, 15) is 10.1 Å². The summed E-state index contributed by atoms with van der Waals surface area (Å²) >= 11 is 2.98. The Hall–Kier alpha value is -3.62. The van der Waals surface area contributed by atoms with Gasteiger partial charge in [-0.25, -0.2) is 0 Å². The van der Waals surface area contributed by atoms with Gasteiger partial charge in [0.1, 0.15) is 6.07 Å². The molecular formula is C23H20N6O3S2. The van der Waals surface area contributed by atoms with Gasteiger partial charge in [-0.3, -0.25) is 4.79 Å². The van der Waals surface area contributed by atoms with Gasteiger partial charge in [0.15, 0.2) is 10.1 Å². The maximum absolute atomic E-state index is 12.8. The standard InChI is InChI=1S/C23H20N6O3S2/c24-13-17-21(32-20(25-17)18-7-4-12-31-18)29-10-8-16(9-11-29)19(30)26-22-27-28-23(34-22)33-14-15-5-2-1-3-6-15/h1-7,12,16H,8-11,14H2,(H,26,27,30). The molecule has 0 radical (unpaired) electrons. The molecule has 1 aromatic carbocycles. The molecule has 1 N–H and O–H groups in total. The molecule has 9 nitrogen and oxygen atoms in total. The summed E-state index contributed by atoms with van der Waals surface area (Å²) in [6.07, 6.45) is 2.78. The molecule has 0 unspecified atom stereocenters. The number of amides is 1. The summed E-state index contributed by atoms with van der Waals surface area (Å²) < 4.78 is 11.9. The minimum absolute atomic E-state index is 0.0650. The zero-order valence-corrected chi connectivity index (χ0v) is 19.6. The summed E-state index contributed by atoms with van der Waals surface area (Å²) in [4.78, 5) is 19.0. The Labute approximate surface area is 203 Å². The fourth-order valence-electron chi connectivity index (χ4n) is 3.70. The highest BCUT2D eigenvalue weighted by Gasteiger charge is 2.29. The van der Waals surface area contributed by atoms with Crippen molar-refractivity contribution in [3.63, 3.8) is 0 Å². The van der Waals surface area contributed by atoms with Gasteiger partial charge in [0.2, 0.25) is 22.6 Å². The van der Waals surface area contributed by atoms with Crippen molar-refractivity contribution in [2.45, 2.75) is 22.9 Å². The Bertz CT molecular complexity index is 1290. The lowest BCUT2D eigenvalue weighted by Crippen LogP contribution is -2.38. The fraction of sp³-hybridized carbons (Fsp3) is 0.261. The number of hydrogen-bond acceptors (Lipinski definition) is 10. The predicted molar refractivity (Wildman–Crippen MR) is 128 cm³/mol. The van der Waals surface area contributed by atoms with Crippen molar-refractivity contribution in [3.8, 4) is 17.7 Å². The second kappa shape index (κ2) is 10.1. The summed E-state index contributed by atoms with van der Waals surface area (Å²) in [5.74, 6) is 1.74. The Morgan fingerprint density at radius 2 is 2.03 bits per heavy atom. The van der Waals surface area contributed by atoms with E-state index < -0.39 is 0 Å². The van der Waals surface area contributed by atoms with Gasteiger partial charge in [0.05, 0.1) is 6.26 Å². The smallest absolute Gasteiger partial charge is 0.266 e. The number of nitrogens with one attached hydrogen (secondary N) is 1. The van der Waals surface area contributed by atoms with Crippen LogP contribution in [0.1, 0.15) is 24.1 Å². The Balaban J connectivity index is 1.15. The number of benzene rings is 1. The van der Waals surface area contributed by atoms with E-state index in [1.807, 2.05) is 23.1 Å². The minimum atomic E-state index is -0.154. The van der Waals surface area contributed by atoms with Crippen molar-refractivity contribution in [1.29, 1.82) is 5.26 Å². The van der Waals surface area contributed by atoms with E-state index >= 15 is 0 Å². The third-order valence-electron chi connectivity index (χ3n) is 5.44. The average Bonchev–Trinajstić information content (AvgIpc) is 3.64. The summed E-state index contributed by atoms with van der Waals surface area (Å²) in [6.45, 7) is 1.15. The Morgan fingerprint density at radius 1 is 1.21 bits per heavy atom. The number of oxazole rings is 1. The number of carbonyl (C=O) groups excluding carboxylic acids is 1. The first-order chi connectivity index (χ1) is 16.7. The molecule has 11 heteroatoms. The van der Waals surface area contributed by atoms with E-state index in [4.69, 9.17) is 8.83 Å². The number of aromatic nitrogens is 3. The zero-order chi connectivity index (χ0) is 23.3. The molecule has 1 aliphatic rings. The van der Waals surface area contributed by atoms with Gasteiger partial charge in [-0.1, -0.05) is 53.4 Å². The molecule has 4 heterocycles. The number of nitrogens with zero attached hydrogens (tertiary/aromatic N) is 5. The van der Waals surface area contributed by atoms with Crippen molar-refractivity contribution >= 4 is 40.0 Å². The van der Waals surface area contributed by atoms with Crippen LogP contribution in [0.4, 0.5) is 11.0 Å². The highest BCUT2D eigenvalue weighted by atomic mass is 32.2. The fourth-order valence-corrected chi connectivity index (χ4v) is 5.41. The van der Waals surface area contributed by atoms with Crippen LogP contribution in [0.25, 0.3) is 11.7 Å². The lowest BCUT2D eigenvalue weighted by atomic mass is 9.96. The van der Waals surface area contributed by atoms with Gasteiger partial charge < -0.3 is 19.1 Å². The van der Waals surface area contributed by atoms with Crippen LogP contribution in [0.3, 0.4) is 0 Å². The maximum Gasteiger partial charge on any atom is 0.266 e. The number of carbonyl (C=O) groups is 1. The van der Waals surface area contributed by atoms with Crippen LogP contribution in [-0.2, 0) is 10.5 Å². The van der Waals surface area contributed by atoms with Crippen LogP contribution in [-0.4, -0.2) is 34.2 Å². The van der Waals surface area contributed by atoms with Gasteiger partial charge in [0, 0.05) is 24.8 Å². The maximum atomic E-state index is 12.8. The summed E-state index contributed by atoms with van der Waals surface area (Å²) in [7, 11) is 0. The Kier molecular flexibility index (Phi) is 6.60. The zero-order valence-electron chi connectivity index (χ0n) is 18.0. The number of anilines is 2. The van der Waals surface area contributed by atoms with Crippen LogP contribution < -0.4 is 10.2 Å². The SMILES string of the molecule is N#Cc1nc(-c2ccco2)oc1N1CCC(C(=O)Nc2nnc(SCc3ccccc3)s2)CC1. The highest BCUT2D eigenvalue weighted by molar-refractivity contribution is 8.00. The average molecular weight is 493 g/mol. The lowest BCUT2D eigenvalue weighted by Gasteiger charge is -2.30. The second-order valence-corrected chi connectivity index (χ2v) is 9.86. The number of piperidine rings is 1. The topological polar surface area (TPSA) is 121 Å². The van der Waals surface area contributed by atoms with E-state index in [0.29, 0.717) is 42.7 Å². The molecule has 3 aromatic heterocycles. The number of nitriles is 1. The summed E-state index contributed by atoms with van der Waals surface area (Å²) in [5.41, 5.74) is 1.42. The largest absolute Gasteiger partial charge is 0.459 e. The van der Waals surface area contributed by atoms with E-state index in [1.54, 1.807) is 23.9 Å². The minimum Gasteiger partial charge on any atom is -0.459 e. The van der Waals surface area contributed by atoms with Crippen molar-refractivity contribution in [1.82, 2.24) is 15.2 Å². The van der Waals surface area contributed by atoms with Crippen molar-refractivity contribution in [2.24, 2.45) is 5.92 Å². The van der Waals surface area contributed by atoms with Crippen molar-refractivity contribution in [3.05, 3.63) is 60.0 Å². The molecule has 172 valence electrons. The molecule has 5 rings (SSSR count). The highest BCUT2D eigenvalue weighted by Crippen LogP contribution is 2.32. The Morgan fingerprint density at radius 3 is 2.76 bits per heavy atom. The molecule has 1 aliphatic heterocycles. The van der Waals surface area contributed by atoms with Gasteiger partial charge in [0.25, 0.3) is 5.89 Å². The normalized spacial score (nSPS) is 14.1. The summed E-state index contributed by atoms with van der Waals surface area (Å²) in [6, 6.07) is 15.7. The molecule has 1 amide bonds. The quantitative estimate of drug-likeness (QED) is 0.286. The molecule has 0 aliphatic carbocycles. The van der Waals surface area contributed by atoms with E-state index in [0.717, 1.165) is 10.1 Å². The van der Waals surface area contributed by atoms with Crippen LogP contribution in [0.2, 0.25) is 0 Å². The number of rotatable bonds is 7.